The zero-order valence-electron chi connectivity index (χ0n) is 11.0. The lowest BCUT2D eigenvalue weighted by atomic mass is 9.99. The van der Waals surface area contributed by atoms with E-state index in [1.807, 2.05) is 0 Å². The first-order valence-corrected chi connectivity index (χ1v) is 5.88. The van der Waals surface area contributed by atoms with Crippen molar-refractivity contribution in [3.63, 3.8) is 0 Å². The molecule has 0 aliphatic heterocycles. The Morgan fingerprint density at radius 3 is 2.50 bits per heavy atom. The maximum atomic E-state index is 13.9. The topological polar surface area (TPSA) is 52.3 Å². The Labute approximate surface area is 115 Å². The Morgan fingerprint density at radius 2 is 1.85 bits per heavy atom. The van der Waals surface area contributed by atoms with Gasteiger partial charge in [0.25, 0.3) is 0 Å². The monoisotopic (exact) mass is 277 g/mol. The highest BCUT2D eigenvalue weighted by Crippen LogP contribution is 2.26. The predicted molar refractivity (Wildman–Crippen MR) is 71.9 cm³/mol. The summed E-state index contributed by atoms with van der Waals surface area (Å²) < 4.78 is 32.3. The van der Waals surface area contributed by atoms with Crippen molar-refractivity contribution in [2.45, 2.75) is 6.92 Å². The summed E-state index contributed by atoms with van der Waals surface area (Å²) in [5.41, 5.74) is 5.49. The molecule has 20 heavy (non-hydrogen) atoms. The van der Waals surface area contributed by atoms with Crippen molar-refractivity contribution in [3.8, 4) is 5.75 Å². The highest BCUT2D eigenvalue weighted by Gasteiger charge is 2.20. The molecule has 2 N–H and O–H groups in total. The molecular weight excluding hydrogens is 264 g/mol. The third-order valence-corrected chi connectivity index (χ3v) is 2.91. The van der Waals surface area contributed by atoms with Crippen LogP contribution in [0, 0.1) is 18.6 Å². The molecule has 0 aliphatic carbocycles. The molecule has 0 atom stereocenters. The standard InChI is InChI=1S/C15H13F2NO2/c1-8-3-4-13(20-2)10(5-8)15(19)11-6-9(16)7-12(18)14(11)17/h3-7H,18H2,1-2H3. The van der Waals surface area contributed by atoms with E-state index < -0.39 is 28.7 Å². The Balaban J connectivity index is 2.60. The number of carbonyl (C=O) groups is 1. The molecule has 0 aliphatic rings. The number of ether oxygens (including phenoxy) is 1. The fourth-order valence-electron chi connectivity index (χ4n) is 1.92. The van der Waals surface area contributed by atoms with Gasteiger partial charge >= 0.3 is 0 Å². The van der Waals surface area contributed by atoms with E-state index in [9.17, 15) is 13.6 Å². The van der Waals surface area contributed by atoms with Crippen molar-refractivity contribution in [2.75, 3.05) is 12.8 Å². The summed E-state index contributed by atoms with van der Waals surface area (Å²) in [4.78, 5) is 12.4. The van der Waals surface area contributed by atoms with Crippen LogP contribution < -0.4 is 10.5 Å². The smallest absolute Gasteiger partial charge is 0.199 e. The lowest BCUT2D eigenvalue weighted by Gasteiger charge is -2.10. The predicted octanol–water partition coefficient (Wildman–Crippen LogP) is 3.10. The number of halogens is 2. The number of benzene rings is 2. The quantitative estimate of drug-likeness (QED) is 0.693. The summed E-state index contributed by atoms with van der Waals surface area (Å²) >= 11 is 0. The van der Waals surface area contributed by atoms with Crippen LogP contribution in [0.5, 0.6) is 5.75 Å². The van der Waals surface area contributed by atoms with Crippen molar-refractivity contribution in [3.05, 3.63) is 58.7 Å². The first-order valence-electron chi connectivity index (χ1n) is 5.88. The van der Waals surface area contributed by atoms with Crippen LogP contribution in [0.4, 0.5) is 14.5 Å². The fourth-order valence-corrected chi connectivity index (χ4v) is 1.92. The number of nitrogen functional groups attached to an aromatic ring is 1. The van der Waals surface area contributed by atoms with Crippen molar-refractivity contribution >= 4 is 11.5 Å². The molecule has 0 bridgehead atoms. The second kappa shape index (κ2) is 5.28. The van der Waals surface area contributed by atoms with Gasteiger partial charge in [-0.25, -0.2) is 8.78 Å². The highest BCUT2D eigenvalue weighted by molar-refractivity contribution is 6.11. The Kier molecular flexibility index (Phi) is 3.70. The molecule has 0 spiro atoms. The maximum absolute atomic E-state index is 13.9. The molecule has 0 radical (unpaired) electrons. The van der Waals surface area contributed by atoms with E-state index >= 15 is 0 Å². The van der Waals surface area contributed by atoms with Gasteiger partial charge in [-0.05, 0) is 31.2 Å². The first-order chi connectivity index (χ1) is 9.43. The van der Waals surface area contributed by atoms with Gasteiger partial charge in [0.1, 0.15) is 11.6 Å². The fraction of sp³-hybridized carbons (Fsp3) is 0.133. The summed E-state index contributed by atoms with van der Waals surface area (Å²) in [6.07, 6.45) is 0. The van der Waals surface area contributed by atoms with E-state index in [1.165, 1.54) is 7.11 Å². The van der Waals surface area contributed by atoms with Crippen LogP contribution in [0.2, 0.25) is 0 Å². The van der Waals surface area contributed by atoms with Crippen molar-refractivity contribution < 1.29 is 18.3 Å². The van der Waals surface area contributed by atoms with Gasteiger partial charge in [-0.2, -0.15) is 0 Å². The lowest BCUT2D eigenvalue weighted by Crippen LogP contribution is -2.09. The zero-order valence-corrected chi connectivity index (χ0v) is 11.0. The van der Waals surface area contributed by atoms with Gasteiger partial charge in [-0.3, -0.25) is 4.79 Å². The number of aryl methyl sites for hydroxylation is 1. The van der Waals surface area contributed by atoms with Crippen LogP contribution in [0.1, 0.15) is 21.5 Å². The summed E-state index contributed by atoms with van der Waals surface area (Å²) in [6.45, 7) is 1.78. The lowest BCUT2D eigenvalue weighted by molar-refractivity contribution is 0.103. The minimum atomic E-state index is -0.931. The van der Waals surface area contributed by atoms with E-state index in [-0.39, 0.29) is 5.56 Å². The number of hydrogen-bond donors (Lipinski definition) is 1. The number of ketones is 1. The van der Waals surface area contributed by atoms with Crippen LogP contribution in [-0.2, 0) is 0 Å². The van der Waals surface area contributed by atoms with Crippen LogP contribution >= 0.6 is 0 Å². The molecule has 3 nitrogen and oxygen atoms in total. The van der Waals surface area contributed by atoms with Gasteiger partial charge in [0.05, 0.1) is 23.9 Å². The molecule has 0 saturated carbocycles. The Bertz CT molecular complexity index is 684. The van der Waals surface area contributed by atoms with Gasteiger partial charge in [-0.15, -0.1) is 0 Å². The maximum Gasteiger partial charge on any atom is 0.199 e. The molecule has 0 amide bonds. The zero-order chi connectivity index (χ0) is 14.9. The molecule has 2 rings (SSSR count). The second-order valence-electron chi connectivity index (χ2n) is 4.39. The Morgan fingerprint density at radius 1 is 1.15 bits per heavy atom. The van der Waals surface area contributed by atoms with Crippen LogP contribution in [-0.4, -0.2) is 12.9 Å². The van der Waals surface area contributed by atoms with Gasteiger partial charge < -0.3 is 10.5 Å². The number of hydrogen-bond acceptors (Lipinski definition) is 3. The van der Waals surface area contributed by atoms with Gasteiger partial charge in [0.2, 0.25) is 0 Å². The number of rotatable bonds is 3. The molecule has 0 heterocycles. The van der Waals surface area contributed by atoms with E-state index in [0.29, 0.717) is 5.75 Å². The molecule has 0 fully saturated rings. The average molecular weight is 277 g/mol. The summed E-state index contributed by atoms with van der Waals surface area (Å²) in [5.74, 6) is -2.07. The molecule has 0 unspecified atom stereocenters. The van der Waals surface area contributed by atoms with Crippen molar-refractivity contribution in [1.82, 2.24) is 0 Å². The minimum absolute atomic E-state index is 0.163. The van der Waals surface area contributed by atoms with E-state index in [4.69, 9.17) is 10.5 Å². The normalized spacial score (nSPS) is 10.4. The SMILES string of the molecule is COc1ccc(C)cc1C(=O)c1cc(F)cc(N)c1F. The largest absolute Gasteiger partial charge is 0.496 e. The molecule has 2 aromatic carbocycles. The van der Waals surface area contributed by atoms with Crippen molar-refractivity contribution in [2.24, 2.45) is 0 Å². The third-order valence-electron chi connectivity index (χ3n) is 2.91. The summed E-state index contributed by atoms with van der Waals surface area (Å²) in [6, 6.07) is 6.58. The van der Waals surface area contributed by atoms with E-state index in [1.54, 1.807) is 25.1 Å². The van der Waals surface area contributed by atoms with Gasteiger partial charge in [-0.1, -0.05) is 11.6 Å². The van der Waals surface area contributed by atoms with Crippen LogP contribution in [0.3, 0.4) is 0 Å². The van der Waals surface area contributed by atoms with Gasteiger partial charge in [0.15, 0.2) is 11.6 Å². The average Bonchev–Trinajstić information content (AvgIpc) is 2.42. The number of carbonyl (C=O) groups excluding carboxylic acids is 1. The van der Waals surface area contributed by atoms with E-state index in [0.717, 1.165) is 17.7 Å². The summed E-state index contributed by atoms with van der Waals surface area (Å²) in [7, 11) is 1.40. The van der Waals surface area contributed by atoms with Crippen LogP contribution in [0.15, 0.2) is 30.3 Å². The molecule has 0 aromatic heterocycles. The third kappa shape index (κ3) is 2.47. The molecule has 0 saturated heterocycles. The molecule has 2 aromatic rings. The highest BCUT2D eigenvalue weighted by atomic mass is 19.1. The minimum Gasteiger partial charge on any atom is -0.496 e. The molecular formula is C15H13F2NO2. The summed E-state index contributed by atoms with van der Waals surface area (Å²) in [5, 5.41) is 0. The number of methoxy groups -OCH3 is 1. The molecule has 104 valence electrons. The first kappa shape index (κ1) is 14.0. The van der Waals surface area contributed by atoms with E-state index in [2.05, 4.69) is 0 Å². The molecule has 5 heteroatoms. The van der Waals surface area contributed by atoms with Crippen LogP contribution in [0.25, 0.3) is 0 Å². The number of anilines is 1. The van der Waals surface area contributed by atoms with Crippen molar-refractivity contribution in [1.29, 1.82) is 0 Å². The number of nitrogens with two attached hydrogens (primary N) is 1. The second-order valence-corrected chi connectivity index (χ2v) is 4.39. The van der Waals surface area contributed by atoms with Gasteiger partial charge in [0, 0.05) is 0 Å². The Hall–Kier alpha value is -2.43.